The van der Waals surface area contributed by atoms with E-state index in [4.69, 9.17) is 10.5 Å². The van der Waals surface area contributed by atoms with Gasteiger partial charge in [-0.25, -0.2) is 9.59 Å². The molecule has 0 saturated carbocycles. The molecule has 2 unspecified atom stereocenters. The highest BCUT2D eigenvalue weighted by Gasteiger charge is 2.55. The molecule has 25 heavy (non-hydrogen) atoms. The highest BCUT2D eigenvalue weighted by Crippen LogP contribution is 2.39. The summed E-state index contributed by atoms with van der Waals surface area (Å²) in [6.45, 7) is -0.134. The number of carbonyl (C=O) groups excluding carboxylic acids is 3. The molecular formula is C15H13N3O6S. The number of fused-ring (bicyclic) bond motifs is 1. The van der Waals surface area contributed by atoms with E-state index in [0.29, 0.717) is 5.56 Å². The lowest BCUT2D eigenvalue weighted by atomic mass is 9.99. The minimum atomic E-state index is -1.12. The molecule has 0 spiro atoms. The van der Waals surface area contributed by atoms with Gasteiger partial charge in [0.15, 0.2) is 6.04 Å². The van der Waals surface area contributed by atoms with Gasteiger partial charge in [-0.3, -0.25) is 14.9 Å². The number of nitrogens with two attached hydrogens (primary N) is 1. The van der Waals surface area contributed by atoms with Gasteiger partial charge in [0.05, 0.1) is 10.5 Å². The Labute approximate surface area is 145 Å². The summed E-state index contributed by atoms with van der Waals surface area (Å²) in [6.07, 6.45) is 0. The van der Waals surface area contributed by atoms with Crippen LogP contribution >= 0.6 is 11.8 Å². The Morgan fingerprint density at radius 1 is 1.44 bits per heavy atom. The standard InChI is InChI=1S/C15H13N3O6S/c16-11-13(20)17-12(9(5-19)7-25-14(11)17)15(21)24-6-8-1-3-10(4-2-8)18(22)23/h1-4,11-12,14H,6-7,16H2/t11?,12?,14-/m1/s1. The van der Waals surface area contributed by atoms with Crippen molar-refractivity contribution in [2.75, 3.05) is 5.75 Å². The summed E-state index contributed by atoms with van der Waals surface area (Å²) in [5.74, 6) is 0.799. The molecule has 3 atom stereocenters. The zero-order valence-electron chi connectivity index (χ0n) is 12.8. The number of rotatable bonds is 4. The number of nitro benzene ring substituents is 1. The number of thioether (sulfide) groups is 1. The van der Waals surface area contributed by atoms with Gasteiger partial charge in [-0.2, -0.15) is 0 Å². The maximum absolute atomic E-state index is 12.4. The Bertz CT molecular complexity index is 789. The van der Waals surface area contributed by atoms with Crippen LogP contribution in [0, 0.1) is 10.1 Å². The number of benzene rings is 1. The highest BCUT2D eigenvalue weighted by atomic mass is 32.2. The predicted molar refractivity (Wildman–Crippen MR) is 87.0 cm³/mol. The van der Waals surface area contributed by atoms with Gasteiger partial charge >= 0.3 is 5.97 Å². The quantitative estimate of drug-likeness (QED) is 0.260. The maximum Gasteiger partial charge on any atom is 0.334 e. The topological polar surface area (TPSA) is 133 Å². The van der Waals surface area contributed by atoms with E-state index in [-0.39, 0.29) is 29.0 Å². The number of carbonyl (C=O) groups is 2. The van der Waals surface area contributed by atoms with Gasteiger partial charge in [-0.1, -0.05) is 0 Å². The van der Waals surface area contributed by atoms with E-state index in [1.165, 1.54) is 40.9 Å². The molecule has 0 aromatic heterocycles. The number of hydrogen-bond donors (Lipinski definition) is 1. The van der Waals surface area contributed by atoms with Crippen molar-refractivity contribution in [1.82, 2.24) is 4.90 Å². The molecule has 0 bridgehead atoms. The van der Waals surface area contributed by atoms with Crippen LogP contribution in [0.25, 0.3) is 0 Å². The average Bonchev–Trinajstić information content (AvgIpc) is 2.64. The van der Waals surface area contributed by atoms with E-state index in [1.54, 1.807) is 5.94 Å². The monoisotopic (exact) mass is 363 g/mol. The van der Waals surface area contributed by atoms with Crippen molar-refractivity contribution < 1.29 is 24.0 Å². The molecule has 0 radical (unpaired) electrons. The number of amides is 1. The first-order valence-corrected chi connectivity index (χ1v) is 8.32. The smallest absolute Gasteiger partial charge is 0.334 e. The van der Waals surface area contributed by atoms with Crippen LogP contribution < -0.4 is 5.73 Å². The maximum atomic E-state index is 12.4. The fraction of sp³-hybridized carbons (Fsp3) is 0.333. The molecule has 0 aliphatic carbocycles. The SMILES string of the molecule is NC1C(=O)N2C(C(=O)OCc3ccc([N+](=O)[O-])cc3)C(=C=O)CS[C@H]12. The molecule has 1 aromatic rings. The molecule has 1 aromatic carbocycles. The van der Waals surface area contributed by atoms with Crippen LogP contribution in [0.4, 0.5) is 5.69 Å². The molecule has 3 rings (SSSR count). The van der Waals surface area contributed by atoms with Crippen LogP contribution in [0.1, 0.15) is 5.56 Å². The fourth-order valence-electron chi connectivity index (χ4n) is 2.68. The largest absolute Gasteiger partial charge is 0.459 e. The highest BCUT2D eigenvalue weighted by molar-refractivity contribution is 8.00. The van der Waals surface area contributed by atoms with Crippen molar-refractivity contribution in [3.63, 3.8) is 0 Å². The number of nitrogens with zero attached hydrogens (tertiary/aromatic N) is 2. The van der Waals surface area contributed by atoms with Gasteiger partial charge in [-0.05, 0) is 17.7 Å². The number of hydrogen-bond acceptors (Lipinski definition) is 8. The fourth-order valence-corrected chi connectivity index (χ4v) is 3.96. The van der Waals surface area contributed by atoms with E-state index < -0.39 is 28.9 Å². The first kappa shape index (κ1) is 17.2. The Balaban J connectivity index is 1.69. The normalized spacial score (nSPS) is 24.8. The van der Waals surface area contributed by atoms with Crippen molar-refractivity contribution in [1.29, 1.82) is 0 Å². The van der Waals surface area contributed by atoms with Gasteiger partial charge < -0.3 is 15.4 Å². The lowest BCUT2D eigenvalue weighted by Gasteiger charge is -2.50. The first-order valence-electron chi connectivity index (χ1n) is 7.27. The molecule has 9 nitrogen and oxygen atoms in total. The van der Waals surface area contributed by atoms with Crippen LogP contribution in [0.15, 0.2) is 29.8 Å². The lowest BCUT2D eigenvalue weighted by molar-refractivity contribution is -0.384. The van der Waals surface area contributed by atoms with Crippen molar-refractivity contribution in [3.8, 4) is 0 Å². The van der Waals surface area contributed by atoms with Crippen LogP contribution in [0.2, 0.25) is 0 Å². The lowest BCUT2D eigenvalue weighted by Crippen LogP contribution is -2.73. The Morgan fingerprint density at radius 2 is 2.12 bits per heavy atom. The summed E-state index contributed by atoms with van der Waals surface area (Å²) in [5, 5.41) is 10.3. The number of ether oxygens (including phenoxy) is 1. The van der Waals surface area contributed by atoms with Crippen LogP contribution in [-0.4, -0.2) is 50.9 Å². The molecule has 1 amide bonds. The summed E-state index contributed by atoms with van der Waals surface area (Å²) >= 11 is 1.31. The van der Waals surface area contributed by atoms with E-state index in [2.05, 4.69) is 0 Å². The second kappa shape index (κ2) is 6.67. The second-order valence-corrected chi connectivity index (χ2v) is 6.64. The van der Waals surface area contributed by atoms with Crippen LogP contribution in [-0.2, 0) is 25.7 Å². The number of non-ortho nitro benzene ring substituents is 1. The zero-order chi connectivity index (χ0) is 18.1. The molecule has 2 aliphatic heterocycles. The van der Waals surface area contributed by atoms with Gasteiger partial charge in [0, 0.05) is 17.9 Å². The van der Waals surface area contributed by atoms with Gasteiger partial charge in [0.25, 0.3) is 5.69 Å². The van der Waals surface area contributed by atoms with Crippen molar-refractivity contribution in [2.24, 2.45) is 5.73 Å². The molecule has 2 heterocycles. The summed E-state index contributed by atoms with van der Waals surface area (Å²) < 4.78 is 5.18. The van der Waals surface area contributed by atoms with Gasteiger partial charge in [0.2, 0.25) is 5.91 Å². The molecule has 10 heteroatoms. The van der Waals surface area contributed by atoms with Gasteiger partial charge in [0.1, 0.15) is 24.0 Å². The summed E-state index contributed by atoms with van der Waals surface area (Å²) in [5.41, 5.74) is 6.31. The minimum absolute atomic E-state index is 0.0754. The first-order chi connectivity index (χ1) is 11.9. The van der Waals surface area contributed by atoms with Gasteiger partial charge in [-0.15, -0.1) is 11.8 Å². The molecule has 2 saturated heterocycles. The van der Waals surface area contributed by atoms with E-state index in [1.807, 2.05) is 0 Å². The summed E-state index contributed by atoms with van der Waals surface area (Å²) in [4.78, 5) is 46.7. The summed E-state index contributed by atoms with van der Waals surface area (Å²) in [7, 11) is 0. The van der Waals surface area contributed by atoms with E-state index in [0.717, 1.165) is 0 Å². The Hall–Kier alpha value is -2.68. The Kier molecular flexibility index (Phi) is 4.58. The van der Waals surface area contributed by atoms with E-state index in [9.17, 15) is 24.5 Å². The van der Waals surface area contributed by atoms with Crippen molar-refractivity contribution >= 4 is 35.3 Å². The molecule has 2 aliphatic rings. The van der Waals surface area contributed by atoms with Crippen molar-refractivity contribution in [3.05, 3.63) is 45.5 Å². The van der Waals surface area contributed by atoms with E-state index >= 15 is 0 Å². The molecule has 2 N–H and O–H groups in total. The molecular weight excluding hydrogens is 350 g/mol. The number of esters is 1. The van der Waals surface area contributed by atoms with Crippen LogP contribution in [0.5, 0.6) is 0 Å². The molecule has 130 valence electrons. The third-order valence-corrected chi connectivity index (χ3v) is 5.36. The predicted octanol–water partition coefficient (Wildman–Crippen LogP) is 0.00700. The minimum Gasteiger partial charge on any atom is -0.459 e. The van der Waals surface area contributed by atoms with Crippen molar-refractivity contribution in [2.45, 2.75) is 24.1 Å². The third-order valence-electron chi connectivity index (χ3n) is 4.02. The number of β-lactam (4-membered cyclic amide) rings is 1. The van der Waals surface area contributed by atoms with Crippen LogP contribution in [0.3, 0.4) is 0 Å². The third kappa shape index (κ3) is 3.02. The summed E-state index contributed by atoms with van der Waals surface area (Å²) in [6, 6.07) is 3.71. The zero-order valence-corrected chi connectivity index (χ0v) is 13.6. The average molecular weight is 363 g/mol. The Morgan fingerprint density at radius 3 is 2.72 bits per heavy atom. The number of nitro groups is 1. The second-order valence-electron chi connectivity index (χ2n) is 5.53. The molecule has 2 fully saturated rings.